The molecule has 5 aromatic rings. The number of nitrogen functional groups attached to an aromatic ring is 1. The predicted molar refractivity (Wildman–Crippen MR) is 507 cm³/mol. The number of amides is 5. The molecule has 0 radical (unpaired) electrons. The molecule has 792 valence electrons. The SMILES string of the molecule is CCN(CC)c1ccc2cc(C(=O)NC(COCCC(=O)NCCOCCOCCOCCOC)(COCCC(=O)NCCOCCOCCOCCOCCOCCOCCOCCOC)COCCC(=O)NCCOCCOCCOCCOCCOCCOCCOCCOCCOCCOCCOCCOCCC(=O)NCc3ccc(COc4nc(N)nc5[nH]cnc45)cc3)c(=O)oc2c1. The summed E-state index contributed by atoms with van der Waals surface area (Å²) in [7, 11) is 3.23. The van der Waals surface area contributed by atoms with Gasteiger partial charge in [-0.15, -0.1) is 0 Å². The molecular formula is C93H155N11O35. The summed E-state index contributed by atoms with van der Waals surface area (Å²) in [6, 6.07) is 14.5. The number of ether oxygens (including phenoxy) is 28. The lowest BCUT2D eigenvalue weighted by atomic mass is 10.0. The van der Waals surface area contributed by atoms with Crippen molar-refractivity contribution < 1.29 is 161 Å². The minimum Gasteiger partial charge on any atom is -0.471 e. The molecule has 0 bridgehead atoms. The first-order valence-electron chi connectivity index (χ1n) is 47.7. The summed E-state index contributed by atoms with van der Waals surface area (Å²) >= 11 is 0. The van der Waals surface area contributed by atoms with Crippen molar-refractivity contribution in [2.24, 2.45) is 0 Å². The first-order chi connectivity index (χ1) is 68.3. The van der Waals surface area contributed by atoms with Crippen LogP contribution in [0.25, 0.3) is 22.1 Å². The van der Waals surface area contributed by atoms with Crippen LogP contribution in [-0.4, -0.2) is 446 Å². The number of imidazole rings is 1. The van der Waals surface area contributed by atoms with E-state index in [-0.39, 0.29) is 165 Å². The fourth-order valence-corrected chi connectivity index (χ4v) is 12.0. The lowest BCUT2D eigenvalue weighted by Gasteiger charge is -2.34. The highest BCUT2D eigenvalue weighted by molar-refractivity contribution is 5.97. The number of aromatic amines is 1. The third-order valence-electron chi connectivity index (χ3n) is 19.3. The van der Waals surface area contributed by atoms with Gasteiger partial charge in [0, 0.05) is 96.3 Å². The van der Waals surface area contributed by atoms with E-state index < -0.39 is 17.1 Å². The molecule has 139 heavy (non-hydrogen) atoms. The van der Waals surface area contributed by atoms with Crippen molar-refractivity contribution in [3.05, 3.63) is 82.0 Å². The molecule has 0 spiro atoms. The van der Waals surface area contributed by atoms with Crippen LogP contribution in [0.3, 0.4) is 0 Å². The van der Waals surface area contributed by atoms with E-state index in [1.807, 2.05) is 44.2 Å². The van der Waals surface area contributed by atoms with Crippen LogP contribution in [0.1, 0.15) is 61.0 Å². The zero-order valence-electron chi connectivity index (χ0n) is 81.9. The Morgan fingerprint density at radius 2 is 0.683 bits per heavy atom. The number of hydrogen-bond acceptors (Lipinski definition) is 40. The molecule has 0 aliphatic heterocycles. The Hall–Kier alpha value is -8.13. The molecule has 46 nitrogen and oxygen atoms in total. The van der Waals surface area contributed by atoms with E-state index in [2.05, 4.69) is 51.4 Å². The number of rotatable bonds is 100. The smallest absolute Gasteiger partial charge is 0.349 e. The number of carbonyl (C=O) groups is 5. The maximum absolute atomic E-state index is 14.5. The number of anilines is 2. The molecule has 5 amide bonds. The van der Waals surface area contributed by atoms with Crippen molar-refractivity contribution in [2.75, 3.05) is 401 Å². The molecule has 0 aliphatic rings. The fourth-order valence-electron chi connectivity index (χ4n) is 12.0. The Bertz CT molecular complexity index is 3900. The van der Waals surface area contributed by atoms with E-state index in [9.17, 15) is 28.8 Å². The van der Waals surface area contributed by atoms with Gasteiger partial charge < -0.3 is 179 Å². The van der Waals surface area contributed by atoms with E-state index in [0.29, 0.717) is 313 Å². The normalized spacial score (nSPS) is 12.0. The first-order valence-corrected chi connectivity index (χ1v) is 47.7. The van der Waals surface area contributed by atoms with Gasteiger partial charge in [0.1, 0.15) is 23.3 Å². The quantitative estimate of drug-likeness (QED) is 0.0216. The summed E-state index contributed by atoms with van der Waals surface area (Å²) in [6.07, 6.45) is 1.48. The van der Waals surface area contributed by atoms with Crippen molar-refractivity contribution in [3.63, 3.8) is 0 Å². The van der Waals surface area contributed by atoms with Gasteiger partial charge in [-0.3, -0.25) is 24.0 Å². The summed E-state index contributed by atoms with van der Waals surface area (Å²) in [5, 5.41) is 14.7. The van der Waals surface area contributed by atoms with Crippen molar-refractivity contribution in [1.29, 1.82) is 0 Å². The van der Waals surface area contributed by atoms with Gasteiger partial charge in [0.15, 0.2) is 11.2 Å². The third kappa shape index (κ3) is 64.2. The van der Waals surface area contributed by atoms with Crippen LogP contribution in [0.4, 0.5) is 11.6 Å². The van der Waals surface area contributed by atoms with Crippen molar-refractivity contribution in [2.45, 2.75) is 58.2 Å². The van der Waals surface area contributed by atoms with Gasteiger partial charge in [-0.1, -0.05) is 24.3 Å². The van der Waals surface area contributed by atoms with Crippen LogP contribution in [0.15, 0.2) is 64.1 Å². The Balaban J connectivity index is 0.856. The standard InChI is InChI=1S/C93H155N11O35/c1-5-104(6-2)80-12-11-79-69-81(91(110)139-82(79)70-80)89(109)103-93(73-135-21-14-83(105)95-17-24-114-32-36-120-41-39-117-29-27-111-3,74-136-22-15-84(106)96-18-25-115-33-37-121-44-47-125-52-55-129-58-57-127-50-49-123-42-40-118-30-28-112-4)75-137-23-16-85(107)97-19-26-116-34-38-122-45-48-126-53-56-130-60-62-132-64-66-134-68-67-133-65-63-131-61-59-128-54-51-124-46-43-119-35-31-113-20-13-86(108)98-71-77-7-9-78(10-8-77)72-138-90-87-88(100-76-99-87)101-92(94)102-90/h7-12,69-70,76H,5-6,13-68,71-75H2,1-4H3,(H,95,105)(H,96,106)(H,97,107)(H,98,108)(H,103,109)(H3,94,99,100,101,102). The van der Waals surface area contributed by atoms with Gasteiger partial charge >= 0.3 is 5.63 Å². The Kier molecular flexibility index (Phi) is 74.6. The van der Waals surface area contributed by atoms with Crippen molar-refractivity contribution >= 4 is 63.3 Å². The van der Waals surface area contributed by atoms with E-state index in [1.165, 1.54) is 12.4 Å². The van der Waals surface area contributed by atoms with Crippen LogP contribution in [0.2, 0.25) is 0 Å². The number of fused-ring (bicyclic) bond motifs is 2. The van der Waals surface area contributed by atoms with Gasteiger partial charge in [-0.05, 0) is 43.2 Å². The van der Waals surface area contributed by atoms with Gasteiger partial charge in [0.05, 0.1) is 350 Å². The van der Waals surface area contributed by atoms with Crippen LogP contribution in [0, 0.1) is 0 Å². The fraction of sp³-hybridized carbons (Fsp3) is 0.731. The molecule has 8 N–H and O–H groups in total. The maximum atomic E-state index is 14.5. The molecule has 0 fully saturated rings. The van der Waals surface area contributed by atoms with Gasteiger partial charge in [0.2, 0.25) is 35.5 Å². The molecule has 3 aromatic heterocycles. The summed E-state index contributed by atoms with van der Waals surface area (Å²) in [4.78, 5) is 97.1. The number of benzene rings is 2. The van der Waals surface area contributed by atoms with Gasteiger partial charge in [-0.2, -0.15) is 9.97 Å². The molecule has 0 saturated carbocycles. The monoisotopic (exact) mass is 1990 g/mol. The number of methoxy groups -OCH3 is 2. The molecule has 3 heterocycles. The average Bonchev–Trinajstić information content (AvgIpc) is 1.64. The van der Waals surface area contributed by atoms with Crippen LogP contribution in [0.5, 0.6) is 5.88 Å². The number of nitrogens with two attached hydrogens (primary N) is 1. The lowest BCUT2D eigenvalue weighted by molar-refractivity contribution is -0.124. The topological polar surface area (TPSA) is 518 Å². The van der Waals surface area contributed by atoms with E-state index in [1.54, 1.807) is 26.4 Å². The Labute approximate surface area is 814 Å². The van der Waals surface area contributed by atoms with Crippen LogP contribution >= 0.6 is 0 Å². The number of H-pyrrole nitrogens is 1. The second-order valence-corrected chi connectivity index (χ2v) is 30.1. The Morgan fingerprint density at radius 1 is 0.374 bits per heavy atom. The second-order valence-electron chi connectivity index (χ2n) is 30.1. The molecule has 2 aromatic carbocycles. The highest BCUT2D eigenvalue weighted by Gasteiger charge is 2.36. The highest BCUT2D eigenvalue weighted by Crippen LogP contribution is 2.24. The third-order valence-corrected chi connectivity index (χ3v) is 19.3. The molecule has 1 unspecified atom stereocenters. The molecule has 1 atom stereocenters. The number of aromatic nitrogens is 4. The number of hydrogen-bond donors (Lipinski definition) is 7. The van der Waals surface area contributed by atoms with Crippen molar-refractivity contribution in [1.82, 2.24) is 46.5 Å². The predicted octanol–water partition coefficient (Wildman–Crippen LogP) is 1.87. The summed E-state index contributed by atoms with van der Waals surface area (Å²) < 4.78 is 162. The molecule has 5 rings (SSSR count). The summed E-state index contributed by atoms with van der Waals surface area (Å²) in [6.45, 7) is 23.6. The van der Waals surface area contributed by atoms with E-state index >= 15 is 0 Å². The van der Waals surface area contributed by atoms with E-state index in [0.717, 1.165) is 16.8 Å². The number of nitrogens with one attached hydrogen (secondary N) is 6. The molecule has 0 aliphatic carbocycles. The highest BCUT2D eigenvalue weighted by atomic mass is 16.6. The van der Waals surface area contributed by atoms with Crippen LogP contribution < -0.4 is 47.6 Å². The zero-order chi connectivity index (χ0) is 99.1. The minimum absolute atomic E-state index is 0.0789. The second kappa shape index (κ2) is 85.5. The minimum atomic E-state index is -1.58. The van der Waals surface area contributed by atoms with Gasteiger partial charge in [-0.25, -0.2) is 9.78 Å². The molecule has 0 saturated heterocycles. The number of nitrogens with zero attached hydrogens (tertiary/aromatic N) is 4. The van der Waals surface area contributed by atoms with Gasteiger partial charge in [0.25, 0.3) is 5.91 Å². The summed E-state index contributed by atoms with van der Waals surface area (Å²) in [5.41, 5.74) is 6.96. The lowest BCUT2D eigenvalue weighted by Crippen LogP contribution is -2.59. The van der Waals surface area contributed by atoms with E-state index in [4.69, 9.17) is 143 Å². The average molecular weight is 1990 g/mol. The number of carbonyl (C=O) groups excluding carboxylic acids is 5. The summed E-state index contributed by atoms with van der Waals surface area (Å²) in [5.74, 6) is -1.58. The molecular weight excluding hydrogens is 1830 g/mol. The first kappa shape index (κ1) is 121. The maximum Gasteiger partial charge on any atom is 0.349 e. The van der Waals surface area contributed by atoms with Crippen molar-refractivity contribution in [3.8, 4) is 5.88 Å². The largest absolute Gasteiger partial charge is 0.471 e. The Morgan fingerprint density at radius 3 is 1.02 bits per heavy atom. The zero-order valence-corrected chi connectivity index (χ0v) is 81.9. The molecule has 46 heteroatoms. The van der Waals surface area contributed by atoms with Crippen LogP contribution in [-0.2, 0) is 160 Å².